The van der Waals surface area contributed by atoms with Crippen molar-refractivity contribution in [3.8, 4) is 0 Å². The molecule has 1 aromatic rings. The number of benzene rings is 1. The number of aryl methyl sites for hydroxylation is 1. The van der Waals surface area contributed by atoms with Crippen LogP contribution in [0.2, 0.25) is 0 Å². The second kappa shape index (κ2) is 7.77. The summed E-state index contributed by atoms with van der Waals surface area (Å²) in [4.78, 5) is 0. The molecule has 0 spiro atoms. The van der Waals surface area contributed by atoms with Crippen molar-refractivity contribution in [3.63, 3.8) is 0 Å². The van der Waals surface area contributed by atoms with Crippen molar-refractivity contribution < 1.29 is 5.11 Å². The molecule has 2 heteroatoms. The van der Waals surface area contributed by atoms with Gasteiger partial charge in [-0.25, -0.2) is 0 Å². The van der Waals surface area contributed by atoms with E-state index in [4.69, 9.17) is 0 Å². The molecule has 15 heavy (non-hydrogen) atoms. The highest BCUT2D eigenvalue weighted by Crippen LogP contribution is 2.10. The van der Waals surface area contributed by atoms with Gasteiger partial charge in [-0.15, -0.1) is 0 Å². The molecule has 0 saturated heterocycles. The number of hydrogen-bond donors (Lipinski definition) is 1. The third-order valence-corrected chi connectivity index (χ3v) is 3.39. The molecule has 1 atom stereocenters. The Balaban J connectivity index is 2.11. The lowest BCUT2D eigenvalue weighted by atomic mass is 10.1. The molecular formula is C13H20OS. The molecule has 1 unspecified atom stereocenters. The number of hydrogen-bond acceptors (Lipinski definition) is 2. The van der Waals surface area contributed by atoms with Crippen LogP contribution < -0.4 is 0 Å². The van der Waals surface area contributed by atoms with Crippen LogP contribution in [0.5, 0.6) is 0 Å². The van der Waals surface area contributed by atoms with Crippen molar-refractivity contribution >= 4 is 11.8 Å². The standard InChI is InChI=1S/C13H20OS/c1-2-15-11-13(14)10-6-9-12-7-4-3-5-8-12/h3-5,7-8,13-14H,2,6,9-11H2,1H3. The van der Waals surface area contributed by atoms with Crippen molar-refractivity contribution in [2.45, 2.75) is 32.3 Å². The zero-order chi connectivity index (χ0) is 10.9. The van der Waals surface area contributed by atoms with Gasteiger partial charge in [-0.3, -0.25) is 0 Å². The number of rotatable bonds is 7. The van der Waals surface area contributed by atoms with Crippen LogP contribution in [0.4, 0.5) is 0 Å². The summed E-state index contributed by atoms with van der Waals surface area (Å²) in [6.45, 7) is 2.13. The van der Waals surface area contributed by atoms with Crippen LogP contribution >= 0.6 is 11.8 Å². The quantitative estimate of drug-likeness (QED) is 0.768. The molecule has 1 aromatic carbocycles. The fourth-order valence-electron chi connectivity index (χ4n) is 1.52. The predicted molar refractivity (Wildman–Crippen MR) is 68.4 cm³/mol. The van der Waals surface area contributed by atoms with Crippen molar-refractivity contribution in [2.75, 3.05) is 11.5 Å². The first-order valence-electron chi connectivity index (χ1n) is 5.62. The van der Waals surface area contributed by atoms with Crippen LogP contribution in [-0.2, 0) is 6.42 Å². The fourth-order valence-corrected chi connectivity index (χ4v) is 2.20. The highest BCUT2D eigenvalue weighted by molar-refractivity contribution is 7.99. The highest BCUT2D eigenvalue weighted by Gasteiger charge is 2.03. The van der Waals surface area contributed by atoms with Gasteiger partial charge in [-0.2, -0.15) is 11.8 Å². The Bertz CT molecular complexity index is 248. The fraction of sp³-hybridized carbons (Fsp3) is 0.538. The lowest BCUT2D eigenvalue weighted by Gasteiger charge is -2.09. The smallest absolute Gasteiger partial charge is 0.0630 e. The second-order valence-corrected chi connectivity index (χ2v) is 5.01. The van der Waals surface area contributed by atoms with Gasteiger partial charge in [0.2, 0.25) is 0 Å². The minimum Gasteiger partial charge on any atom is -0.392 e. The lowest BCUT2D eigenvalue weighted by Crippen LogP contribution is -2.10. The van der Waals surface area contributed by atoms with Gasteiger partial charge in [0.25, 0.3) is 0 Å². The first-order chi connectivity index (χ1) is 7.33. The highest BCUT2D eigenvalue weighted by atomic mass is 32.2. The van der Waals surface area contributed by atoms with E-state index in [-0.39, 0.29) is 6.10 Å². The maximum atomic E-state index is 9.64. The van der Waals surface area contributed by atoms with Gasteiger partial charge in [0, 0.05) is 5.75 Å². The Morgan fingerprint density at radius 1 is 1.27 bits per heavy atom. The van der Waals surface area contributed by atoms with Crippen LogP contribution in [-0.4, -0.2) is 22.7 Å². The Morgan fingerprint density at radius 2 is 2.00 bits per heavy atom. The maximum absolute atomic E-state index is 9.64. The van der Waals surface area contributed by atoms with E-state index in [9.17, 15) is 5.11 Å². The summed E-state index contributed by atoms with van der Waals surface area (Å²) >= 11 is 1.81. The first-order valence-corrected chi connectivity index (χ1v) is 6.78. The van der Waals surface area contributed by atoms with E-state index in [1.807, 2.05) is 17.8 Å². The van der Waals surface area contributed by atoms with Crippen LogP contribution in [0, 0.1) is 0 Å². The first kappa shape index (κ1) is 12.6. The molecule has 0 saturated carbocycles. The topological polar surface area (TPSA) is 20.2 Å². The van der Waals surface area contributed by atoms with E-state index in [2.05, 4.69) is 31.2 Å². The van der Waals surface area contributed by atoms with Crippen LogP contribution in [0.1, 0.15) is 25.3 Å². The molecule has 0 heterocycles. The monoisotopic (exact) mass is 224 g/mol. The second-order valence-electron chi connectivity index (χ2n) is 3.69. The Kier molecular flexibility index (Phi) is 6.53. The van der Waals surface area contributed by atoms with Crippen LogP contribution in [0.25, 0.3) is 0 Å². The van der Waals surface area contributed by atoms with Gasteiger partial charge < -0.3 is 5.11 Å². The van der Waals surface area contributed by atoms with E-state index in [1.54, 1.807) is 0 Å². The summed E-state index contributed by atoms with van der Waals surface area (Å²) in [6.07, 6.45) is 2.95. The van der Waals surface area contributed by atoms with Gasteiger partial charge in [-0.1, -0.05) is 37.3 Å². The molecule has 0 aliphatic heterocycles. The van der Waals surface area contributed by atoms with Crippen molar-refractivity contribution in [1.29, 1.82) is 0 Å². The number of aliphatic hydroxyl groups is 1. The summed E-state index contributed by atoms with van der Waals surface area (Å²) in [5.74, 6) is 1.97. The molecule has 1 N–H and O–H groups in total. The van der Waals surface area contributed by atoms with Gasteiger partial charge in [0.05, 0.1) is 6.10 Å². The van der Waals surface area contributed by atoms with E-state index in [0.29, 0.717) is 0 Å². The Morgan fingerprint density at radius 3 is 2.67 bits per heavy atom. The summed E-state index contributed by atoms with van der Waals surface area (Å²) in [6, 6.07) is 10.5. The average Bonchev–Trinajstić information content (AvgIpc) is 2.28. The predicted octanol–water partition coefficient (Wildman–Crippen LogP) is 3.12. The van der Waals surface area contributed by atoms with Crippen LogP contribution in [0.3, 0.4) is 0 Å². The van der Waals surface area contributed by atoms with Gasteiger partial charge >= 0.3 is 0 Å². The van der Waals surface area contributed by atoms with Crippen molar-refractivity contribution in [3.05, 3.63) is 35.9 Å². The Hall–Kier alpha value is -0.470. The number of aliphatic hydroxyl groups excluding tert-OH is 1. The van der Waals surface area contributed by atoms with Crippen molar-refractivity contribution in [2.24, 2.45) is 0 Å². The van der Waals surface area contributed by atoms with E-state index in [0.717, 1.165) is 30.8 Å². The van der Waals surface area contributed by atoms with Gasteiger partial charge in [0.1, 0.15) is 0 Å². The minimum atomic E-state index is -0.126. The summed E-state index contributed by atoms with van der Waals surface area (Å²) < 4.78 is 0. The normalized spacial score (nSPS) is 12.7. The Labute approximate surface area is 96.9 Å². The van der Waals surface area contributed by atoms with Gasteiger partial charge in [-0.05, 0) is 30.6 Å². The van der Waals surface area contributed by atoms with E-state index >= 15 is 0 Å². The zero-order valence-electron chi connectivity index (χ0n) is 9.36. The SMILES string of the molecule is CCSCC(O)CCCc1ccccc1. The molecule has 0 aromatic heterocycles. The molecule has 0 aliphatic rings. The summed E-state index contributed by atoms with van der Waals surface area (Å²) in [5.41, 5.74) is 1.37. The van der Waals surface area contributed by atoms with Crippen LogP contribution in [0.15, 0.2) is 30.3 Å². The largest absolute Gasteiger partial charge is 0.392 e. The van der Waals surface area contributed by atoms with Gasteiger partial charge in [0.15, 0.2) is 0 Å². The van der Waals surface area contributed by atoms with E-state index < -0.39 is 0 Å². The molecule has 1 rings (SSSR count). The third-order valence-electron chi connectivity index (χ3n) is 2.36. The summed E-state index contributed by atoms with van der Waals surface area (Å²) in [7, 11) is 0. The molecule has 0 radical (unpaired) electrons. The third kappa shape index (κ3) is 5.85. The summed E-state index contributed by atoms with van der Waals surface area (Å²) in [5, 5.41) is 9.64. The minimum absolute atomic E-state index is 0.126. The average molecular weight is 224 g/mol. The number of thioether (sulfide) groups is 1. The molecule has 84 valence electrons. The molecule has 0 bridgehead atoms. The molecule has 0 amide bonds. The molecule has 0 fully saturated rings. The van der Waals surface area contributed by atoms with Crippen molar-refractivity contribution in [1.82, 2.24) is 0 Å². The van der Waals surface area contributed by atoms with E-state index in [1.165, 1.54) is 5.56 Å². The maximum Gasteiger partial charge on any atom is 0.0630 e. The zero-order valence-corrected chi connectivity index (χ0v) is 10.2. The molecule has 0 aliphatic carbocycles. The lowest BCUT2D eigenvalue weighted by molar-refractivity contribution is 0.186. The molecular weight excluding hydrogens is 204 g/mol. The molecule has 1 nitrogen and oxygen atoms in total.